The maximum atomic E-state index is 10.9. The van der Waals surface area contributed by atoms with E-state index in [0.717, 1.165) is 36.8 Å². The number of phenols is 2. The van der Waals surface area contributed by atoms with E-state index in [1.54, 1.807) is 12.1 Å². The first-order valence-corrected chi connectivity index (χ1v) is 20.2. The van der Waals surface area contributed by atoms with E-state index in [-0.39, 0.29) is 0 Å². The van der Waals surface area contributed by atoms with E-state index in [1.807, 2.05) is 0 Å². The fourth-order valence-corrected chi connectivity index (χ4v) is 6.85. The molecular weight excluding hydrogens is 536 g/mol. The lowest BCUT2D eigenvalue weighted by molar-refractivity contribution is 0.444. The second-order valence-electron chi connectivity index (χ2n) is 14.2. The third-order valence-electron chi connectivity index (χ3n) is 9.85. The van der Waals surface area contributed by atoms with Crippen molar-refractivity contribution in [3.05, 3.63) is 23.3 Å². The van der Waals surface area contributed by atoms with Crippen molar-refractivity contribution in [2.45, 2.75) is 232 Å². The molecule has 0 fully saturated rings. The van der Waals surface area contributed by atoms with Gasteiger partial charge in [-0.1, -0.05) is 206 Å². The van der Waals surface area contributed by atoms with E-state index in [4.69, 9.17) is 0 Å². The Hall–Kier alpha value is -1.18. The summed E-state index contributed by atoms with van der Waals surface area (Å²) >= 11 is 0. The molecule has 0 aliphatic carbocycles. The quantitative estimate of drug-likeness (QED) is 0.0599. The Morgan fingerprint density at radius 1 is 0.318 bits per heavy atom. The molecule has 2 heteroatoms. The van der Waals surface area contributed by atoms with Crippen LogP contribution in [0.25, 0.3) is 0 Å². The van der Waals surface area contributed by atoms with Crippen molar-refractivity contribution in [1.29, 1.82) is 0 Å². The van der Waals surface area contributed by atoms with Gasteiger partial charge in [-0.2, -0.15) is 0 Å². The number of aryl methyl sites for hydroxylation is 2. The first-order valence-electron chi connectivity index (χ1n) is 20.2. The predicted octanol–water partition coefficient (Wildman–Crippen LogP) is 14.7. The number of hydrogen-bond acceptors (Lipinski definition) is 2. The van der Waals surface area contributed by atoms with Crippen molar-refractivity contribution >= 4 is 0 Å². The van der Waals surface area contributed by atoms with E-state index >= 15 is 0 Å². The summed E-state index contributed by atoms with van der Waals surface area (Å²) < 4.78 is 0. The third kappa shape index (κ3) is 25.1. The molecule has 0 amide bonds. The number of benzene rings is 1. The van der Waals surface area contributed by atoms with E-state index < -0.39 is 0 Å². The van der Waals surface area contributed by atoms with Crippen LogP contribution in [0.4, 0.5) is 0 Å². The standard InChI is InChI=1S/C42H78O2/c1-3-5-7-9-11-13-15-17-19-21-23-25-27-29-31-33-35-39-37-41(43)38-40(42(39)44)36-34-32-30-28-26-24-22-20-18-16-14-12-10-8-6-4-2/h37-38,43-44H,3-36H2,1-2H3. The van der Waals surface area contributed by atoms with Crippen LogP contribution in [-0.4, -0.2) is 10.2 Å². The van der Waals surface area contributed by atoms with Gasteiger partial charge in [-0.25, -0.2) is 0 Å². The highest BCUT2D eigenvalue weighted by molar-refractivity contribution is 5.46. The summed E-state index contributed by atoms with van der Waals surface area (Å²) in [6.07, 6.45) is 45.7. The zero-order chi connectivity index (χ0) is 31.8. The normalized spacial score (nSPS) is 11.5. The van der Waals surface area contributed by atoms with Gasteiger partial charge in [-0.05, 0) is 48.9 Å². The fraction of sp³-hybridized carbons (Fsp3) is 0.857. The number of hydrogen-bond donors (Lipinski definition) is 2. The van der Waals surface area contributed by atoms with Crippen LogP contribution in [0.3, 0.4) is 0 Å². The van der Waals surface area contributed by atoms with Gasteiger partial charge in [0.05, 0.1) is 0 Å². The highest BCUT2D eigenvalue weighted by Gasteiger charge is 2.10. The zero-order valence-electron chi connectivity index (χ0n) is 30.1. The maximum absolute atomic E-state index is 10.9. The minimum absolute atomic E-state index is 0.320. The molecule has 1 aromatic carbocycles. The molecule has 0 heterocycles. The molecule has 0 saturated carbocycles. The number of rotatable bonds is 34. The lowest BCUT2D eigenvalue weighted by Crippen LogP contribution is -1.94. The number of unbranched alkanes of at least 4 members (excludes halogenated alkanes) is 30. The minimum Gasteiger partial charge on any atom is -0.508 e. The molecule has 0 aliphatic rings. The lowest BCUT2D eigenvalue weighted by Gasteiger charge is -2.11. The van der Waals surface area contributed by atoms with Crippen LogP contribution in [0.5, 0.6) is 11.5 Å². The van der Waals surface area contributed by atoms with Crippen LogP contribution in [0, 0.1) is 0 Å². The van der Waals surface area contributed by atoms with Crippen molar-refractivity contribution in [2.75, 3.05) is 0 Å². The van der Waals surface area contributed by atoms with Crippen molar-refractivity contribution in [3.8, 4) is 11.5 Å². The number of aromatic hydroxyl groups is 2. The van der Waals surface area contributed by atoms with Crippen LogP contribution >= 0.6 is 0 Å². The van der Waals surface area contributed by atoms with Crippen LogP contribution in [-0.2, 0) is 12.8 Å². The van der Waals surface area contributed by atoms with E-state index in [0.29, 0.717) is 11.5 Å². The molecule has 2 nitrogen and oxygen atoms in total. The van der Waals surface area contributed by atoms with Gasteiger partial charge >= 0.3 is 0 Å². The highest BCUT2D eigenvalue weighted by atomic mass is 16.3. The van der Waals surface area contributed by atoms with Gasteiger partial charge in [0, 0.05) is 0 Å². The van der Waals surface area contributed by atoms with E-state index in [9.17, 15) is 10.2 Å². The summed E-state index contributed by atoms with van der Waals surface area (Å²) in [5, 5.41) is 21.1. The average molecular weight is 615 g/mol. The third-order valence-corrected chi connectivity index (χ3v) is 9.85. The van der Waals surface area contributed by atoms with Gasteiger partial charge in [-0.3, -0.25) is 0 Å². The summed E-state index contributed by atoms with van der Waals surface area (Å²) in [5.41, 5.74) is 1.89. The second-order valence-corrected chi connectivity index (χ2v) is 14.2. The van der Waals surface area contributed by atoms with Gasteiger partial charge in [0.2, 0.25) is 0 Å². The Balaban J connectivity index is 1.98. The van der Waals surface area contributed by atoms with Crippen molar-refractivity contribution in [3.63, 3.8) is 0 Å². The van der Waals surface area contributed by atoms with E-state index in [1.165, 1.54) is 193 Å². The van der Waals surface area contributed by atoms with Gasteiger partial charge in [0.1, 0.15) is 11.5 Å². The Bertz CT molecular complexity index is 669. The van der Waals surface area contributed by atoms with Gasteiger partial charge in [0.15, 0.2) is 0 Å². The molecule has 0 atom stereocenters. The summed E-state index contributed by atoms with van der Waals surface area (Å²) in [4.78, 5) is 0. The molecule has 0 unspecified atom stereocenters. The molecule has 0 aliphatic heterocycles. The molecule has 0 aromatic heterocycles. The van der Waals surface area contributed by atoms with Crippen LogP contribution in [0.15, 0.2) is 12.1 Å². The Kier molecular flexibility index (Phi) is 29.5. The second kappa shape index (κ2) is 31.8. The fourth-order valence-electron chi connectivity index (χ4n) is 6.85. The molecule has 0 saturated heterocycles. The molecular formula is C42H78O2. The molecule has 0 bridgehead atoms. The molecule has 1 aromatic rings. The summed E-state index contributed by atoms with van der Waals surface area (Å²) in [5.74, 6) is 0.769. The largest absolute Gasteiger partial charge is 0.508 e. The first kappa shape index (κ1) is 40.8. The van der Waals surface area contributed by atoms with Crippen molar-refractivity contribution < 1.29 is 10.2 Å². The Morgan fingerprint density at radius 3 is 0.750 bits per heavy atom. The zero-order valence-corrected chi connectivity index (χ0v) is 30.1. The molecule has 0 spiro atoms. The van der Waals surface area contributed by atoms with Crippen LogP contribution < -0.4 is 0 Å². The Morgan fingerprint density at radius 2 is 0.523 bits per heavy atom. The number of phenolic OH excluding ortho intramolecular Hbond substituents is 2. The van der Waals surface area contributed by atoms with Gasteiger partial charge in [0.25, 0.3) is 0 Å². The SMILES string of the molecule is CCCCCCCCCCCCCCCCCCc1cc(O)cc(CCCCCCCCCCCCCCCCCC)c1O. The topological polar surface area (TPSA) is 40.5 Å². The first-order chi connectivity index (χ1) is 21.7. The van der Waals surface area contributed by atoms with Crippen LogP contribution in [0.2, 0.25) is 0 Å². The summed E-state index contributed by atoms with van der Waals surface area (Å²) in [7, 11) is 0. The minimum atomic E-state index is 0.320. The van der Waals surface area contributed by atoms with Crippen LogP contribution in [0.1, 0.15) is 230 Å². The maximum Gasteiger partial charge on any atom is 0.122 e. The molecule has 1 rings (SSSR count). The molecule has 2 N–H and O–H groups in total. The summed E-state index contributed by atoms with van der Waals surface area (Å²) in [6.45, 7) is 4.58. The average Bonchev–Trinajstić information content (AvgIpc) is 3.02. The molecule has 0 radical (unpaired) electrons. The predicted molar refractivity (Wildman–Crippen MR) is 196 cm³/mol. The molecule has 44 heavy (non-hydrogen) atoms. The van der Waals surface area contributed by atoms with E-state index in [2.05, 4.69) is 13.8 Å². The highest BCUT2D eigenvalue weighted by Crippen LogP contribution is 2.31. The van der Waals surface area contributed by atoms with Crippen molar-refractivity contribution in [2.24, 2.45) is 0 Å². The monoisotopic (exact) mass is 615 g/mol. The smallest absolute Gasteiger partial charge is 0.122 e. The Labute approximate surface area is 276 Å². The van der Waals surface area contributed by atoms with Crippen molar-refractivity contribution in [1.82, 2.24) is 0 Å². The summed E-state index contributed by atoms with van der Waals surface area (Å²) in [6, 6.07) is 3.58. The van der Waals surface area contributed by atoms with Gasteiger partial charge in [-0.15, -0.1) is 0 Å². The molecule has 258 valence electrons. The van der Waals surface area contributed by atoms with Gasteiger partial charge < -0.3 is 10.2 Å². The lowest BCUT2D eigenvalue weighted by atomic mass is 9.97.